The molecule has 0 fully saturated rings. The number of methoxy groups -OCH3 is 2. The van der Waals surface area contributed by atoms with Gasteiger partial charge in [-0.2, -0.15) is 0 Å². The molecule has 0 spiro atoms. The third-order valence-electron chi connectivity index (χ3n) is 8.24. The summed E-state index contributed by atoms with van der Waals surface area (Å²) in [4.78, 5) is 51.0. The monoisotopic (exact) mass is 646 g/mol. The minimum absolute atomic E-state index is 0.0647. The molecule has 4 rings (SSSR count). The van der Waals surface area contributed by atoms with Crippen molar-refractivity contribution >= 4 is 35.4 Å². The minimum Gasteiger partial charge on any atom is -0.493 e. The lowest BCUT2D eigenvalue weighted by atomic mass is 10.0. The number of aliphatic carboxylic acids is 2. The van der Waals surface area contributed by atoms with Crippen molar-refractivity contribution in [3.8, 4) is 23.0 Å². The lowest BCUT2D eigenvalue weighted by Crippen LogP contribution is -2.28. The minimum atomic E-state index is -1.02. The topological polar surface area (TPSA) is 152 Å². The zero-order chi connectivity index (χ0) is 33.0. The number of fused-ring (bicyclic) bond motifs is 2. The van der Waals surface area contributed by atoms with Gasteiger partial charge in [0.2, 0.25) is 11.8 Å². The Bertz CT molecular complexity index is 1490. The largest absolute Gasteiger partial charge is 0.493 e. The molecule has 2 aliphatic rings. The summed E-state index contributed by atoms with van der Waals surface area (Å²) in [6.07, 6.45) is 0.327. The van der Waals surface area contributed by atoms with Crippen LogP contribution in [0.25, 0.3) is 0 Å². The van der Waals surface area contributed by atoms with E-state index in [2.05, 4.69) is 0 Å². The highest BCUT2D eigenvalue weighted by Gasteiger charge is 2.33. The first kappa shape index (κ1) is 33.7. The number of hydrogen-bond donors (Lipinski definition) is 2. The molecule has 2 heterocycles. The number of carboxylic acids is 2. The van der Waals surface area contributed by atoms with Gasteiger partial charge in [-0.15, -0.1) is 0 Å². The summed E-state index contributed by atoms with van der Waals surface area (Å²) >= 11 is 6.77. The Morgan fingerprint density at radius 3 is 1.82 bits per heavy atom. The van der Waals surface area contributed by atoms with E-state index >= 15 is 0 Å². The molecule has 2 unspecified atom stereocenters. The van der Waals surface area contributed by atoms with Crippen molar-refractivity contribution in [2.45, 2.75) is 66.2 Å². The normalized spacial score (nSPS) is 14.8. The molecule has 2 aromatic carbocycles. The molecule has 0 saturated carbocycles. The molecule has 2 aromatic rings. The molecule has 0 bridgehead atoms. The number of rotatable bonds is 14. The summed E-state index contributed by atoms with van der Waals surface area (Å²) < 4.78 is 23.3. The van der Waals surface area contributed by atoms with E-state index in [1.807, 2.05) is 19.1 Å². The maximum absolute atomic E-state index is 12.8. The fraction of sp³-hybridized carbons (Fsp3) is 0.500. The fourth-order valence-corrected chi connectivity index (χ4v) is 5.81. The van der Waals surface area contributed by atoms with Gasteiger partial charge in [0.1, 0.15) is 0 Å². The Hall–Kier alpha value is -4.19. The van der Waals surface area contributed by atoms with E-state index in [1.165, 1.54) is 28.1 Å². The average molecular weight is 647 g/mol. The molecule has 45 heavy (non-hydrogen) atoms. The van der Waals surface area contributed by atoms with Crippen molar-refractivity contribution in [1.82, 2.24) is 9.80 Å². The van der Waals surface area contributed by atoms with Crippen molar-refractivity contribution in [2.75, 3.05) is 27.4 Å². The predicted octanol–water partition coefficient (Wildman–Crippen LogP) is 4.42. The Balaban J connectivity index is 1.36. The van der Waals surface area contributed by atoms with Crippen LogP contribution in [0.2, 0.25) is 5.02 Å². The number of ether oxygens (including phenoxy) is 4. The van der Waals surface area contributed by atoms with Crippen LogP contribution in [-0.4, -0.2) is 71.2 Å². The molecule has 12 nitrogen and oxygen atoms in total. The number of halogens is 1. The Labute approximate surface area is 266 Å². The number of carbonyl (C=O) groups is 4. The highest BCUT2D eigenvalue weighted by Crippen LogP contribution is 2.46. The van der Waals surface area contributed by atoms with E-state index in [0.29, 0.717) is 60.7 Å². The second-order valence-electron chi connectivity index (χ2n) is 11.5. The average Bonchev–Trinajstić information content (AvgIpc) is 3.64. The van der Waals surface area contributed by atoms with Gasteiger partial charge in [-0.05, 0) is 41.3 Å². The van der Waals surface area contributed by atoms with Crippen LogP contribution in [0, 0.1) is 18.8 Å². The number of nitrogens with zero attached hydrogens (tertiary/aromatic N) is 2. The molecule has 0 aliphatic carbocycles. The highest BCUT2D eigenvalue weighted by molar-refractivity contribution is 6.33. The Morgan fingerprint density at radius 2 is 1.29 bits per heavy atom. The number of benzene rings is 2. The molecule has 2 atom stereocenters. The smallest absolute Gasteiger partial charge is 0.306 e. The van der Waals surface area contributed by atoms with E-state index in [1.54, 1.807) is 9.80 Å². The molecule has 244 valence electrons. The number of amides is 2. The predicted molar refractivity (Wildman–Crippen MR) is 163 cm³/mol. The van der Waals surface area contributed by atoms with Crippen LogP contribution in [0.4, 0.5) is 0 Å². The zero-order valence-corrected chi connectivity index (χ0v) is 26.9. The van der Waals surface area contributed by atoms with Gasteiger partial charge in [-0.1, -0.05) is 25.4 Å². The summed E-state index contributed by atoms with van der Waals surface area (Å²) in [6.45, 7) is 6.75. The molecular weight excluding hydrogens is 608 g/mol. The van der Waals surface area contributed by atoms with E-state index in [4.69, 9.17) is 35.7 Å². The van der Waals surface area contributed by atoms with Crippen LogP contribution in [0.15, 0.2) is 12.1 Å². The first-order valence-corrected chi connectivity index (χ1v) is 15.1. The molecule has 0 aromatic heterocycles. The van der Waals surface area contributed by atoms with Crippen molar-refractivity contribution < 1.29 is 48.3 Å². The van der Waals surface area contributed by atoms with E-state index in [9.17, 15) is 24.3 Å². The van der Waals surface area contributed by atoms with Gasteiger partial charge in [0, 0.05) is 51.0 Å². The summed E-state index contributed by atoms with van der Waals surface area (Å²) in [5.74, 6) is -2.15. The third-order valence-corrected chi connectivity index (χ3v) is 8.64. The first-order chi connectivity index (χ1) is 21.4. The van der Waals surface area contributed by atoms with E-state index in [0.717, 1.165) is 27.8 Å². The van der Waals surface area contributed by atoms with Crippen LogP contribution in [0.3, 0.4) is 0 Å². The van der Waals surface area contributed by atoms with Crippen molar-refractivity contribution in [3.05, 3.63) is 45.0 Å². The van der Waals surface area contributed by atoms with Gasteiger partial charge < -0.3 is 39.0 Å². The van der Waals surface area contributed by atoms with Crippen molar-refractivity contribution in [3.63, 3.8) is 0 Å². The van der Waals surface area contributed by atoms with Gasteiger partial charge in [0.05, 0.1) is 44.3 Å². The molecule has 2 aliphatic heterocycles. The second kappa shape index (κ2) is 14.3. The number of carbonyl (C=O) groups excluding carboxylic acids is 2. The zero-order valence-electron chi connectivity index (χ0n) is 26.1. The molecule has 2 N–H and O–H groups in total. The van der Waals surface area contributed by atoms with Gasteiger partial charge in [-0.3, -0.25) is 19.2 Å². The van der Waals surface area contributed by atoms with Gasteiger partial charge in [-0.25, -0.2) is 0 Å². The van der Waals surface area contributed by atoms with Crippen LogP contribution in [0.1, 0.15) is 60.9 Å². The maximum Gasteiger partial charge on any atom is 0.306 e. The van der Waals surface area contributed by atoms with Crippen LogP contribution in [0.5, 0.6) is 23.0 Å². The van der Waals surface area contributed by atoms with Gasteiger partial charge in [0.25, 0.3) is 0 Å². The van der Waals surface area contributed by atoms with E-state index < -0.39 is 23.8 Å². The highest BCUT2D eigenvalue weighted by atomic mass is 35.5. The third kappa shape index (κ3) is 7.38. The SMILES string of the molecule is COc1cc2c(cc1OCCCOc1c(Cl)c3c(c(C)c1OC)CN(C(=O)CC(C)C(=O)O)C3)CN(C(=O)CC(C)C(=O)O)C2. The molecule has 0 radical (unpaired) electrons. The lowest BCUT2D eigenvalue weighted by Gasteiger charge is -2.18. The summed E-state index contributed by atoms with van der Waals surface area (Å²) in [6, 6.07) is 3.68. The molecule has 13 heteroatoms. The van der Waals surface area contributed by atoms with Crippen LogP contribution < -0.4 is 18.9 Å². The standard InChI is InChI=1S/C32H39ClN2O10/c1-17(31(38)39)9-26(36)34-13-20-11-24(42-4)25(12-21(20)14-34)44-7-6-8-45-30-28(33)23-16-35(27(37)10-18(2)32(40)41)15-22(23)19(3)29(30)43-5/h11-12,17-18H,6-10,13-16H2,1-5H3,(H,38,39)(H,40,41). The number of hydrogen-bond acceptors (Lipinski definition) is 8. The summed E-state index contributed by atoms with van der Waals surface area (Å²) in [5, 5.41) is 18.7. The molecular formula is C32H39ClN2O10. The quantitative estimate of drug-likeness (QED) is 0.282. The van der Waals surface area contributed by atoms with Crippen LogP contribution in [-0.2, 0) is 45.4 Å². The van der Waals surface area contributed by atoms with Gasteiger partial charge >= 0.3 is 11.9 Å². The second-order valence-corrected chi connectivity index (χ2v) is 11.8. The first-order valence-electron chi connectivity index (χ1n) is 14.7. The van der Waals surface area contributed by atoms with Crippen molar-refractivity contribution in [1.29, 1.82) is 0 Å². The van der Waals surface area contributed by atoms with Crippen LogP contribution >= 0.6 is 11.6 Å². The lowest BCUT2D eigenvalue weighted by molar-refractivity contribution is -0.145. The summed E-state index contributed by atoms with van der Waals surface area (Å²) in [7, 11) is 3.06. The Kier molecular flexibility index (Phi) is 10.7. The maximum atomic E-state index is 12.8. The summed E-state index contributed by atoms with van der Waals surface area (Å²) in [5.41, 5.74) is 4.25. The number of carboxylic acid groups (broad SMARTS) is 2. The van der Waals surface area contributed by atoms with Crippen molar-refractivity contribution in [2.24, 2.45) is 11.8 Å². The fourth-order valence-electron chi connectivity index (χ4n) is 5.50. The van der Waals surface area contributed by atoms with Gasteiger partial charge in [0.15, 0.2) is 23.0 Å². The Morgan fingerprint density at radius 1 is 0.778 bits per heavy atom. The molecule has 2 amide bonds. The van der Waals surface area contributed by atoms with E-state index in [-0.39, 0.29) is 37.8 Å². The molecule has 0 saturated heterocycles.